The number of nitrogens with one attached hydrogen (secondary N) is 2. The van der Waals surface area contributed by atoms with Gasteiger partial charge < -0.3 is 15.5 Å². The summed E-state index contributed by atoms with van der Waals surface area (Å²) in [7, 11) is 0.646. The molecule has 7 nitrogen and oxygen atoms in total. The SMILES string of the molecule is CN(C)c1cccc(NC(=O)C(=O)NC2CCS(=O)(=O)C2)c1. The van der Waals surface area contributed by atoms with Gasteiger partial charge >= 0.3 is 11.8 Å². The lowest BCUT2D eigenvalue weighted by atomic mass is 10.2. The zero-order valence-electron chi connectivity index (χ0n) is 12.5. The van der Waals surface area contributed by atoms with Crippen molar-refractivity contribution in [3.63, 3.8) is 0 Å². The Kier molecular flexibility index (Phi) is 4.70. The van der Waals surface area contributed by atoms with E-state index >= 15 is 0 Å². The van der Waals surface area contributed by atoms with E-state index in [4.69, 9.17) is 0 Å². The molecule has 1 unspecified atom stereocenters. The number of sulfone groups is 1. The molecule has 0 aliphatic carbocycles. The van der Waals surface area contributed by atoms with E-state index in [-0.39, 0.29) is 11.5 Å². The molecule has 22 heavy (non-hydrogen) atoms. The first kappa shape index (κ1) is 16.3. The van der Waals surface area contributed by atoms with Crippen LogP contribution in [0.5, 0.6) is 0 Å². The number of nitrogens with zero attached hydrogens (tertiary/aromatic N) is 1. The van der Waals surface area contributed by atoms with Gasteiger partial charge in [-0.2, -0.15) is 0 Å². The van der Waals surface area contributed by atoms with Gasteiger partial charge in [0, 0.05) is 31.5 Å². The molecule has 0 radical (unpaired) electrons. The van der Waals surface area contributed by atoms with Crippen molar-refractivity contribution in [2.45, 2.75) is 12.5 Å². The maximum absolute atomic E-state index is 11.9. The Morgan fingerprint density at radius 2 is 1.95 bits per heavy atom. The van der Waals surface area contributed by atoms with Crippen molar-refractivity contribution in [1.82, 2.24) is 5.32 Å². The van der Waals surface area contributed by atoms with Crippen LogP contribution < -0.4 is 15.5 Å². The van der Waals surface area contributed by atoms with Crippen LogP contribution in [0.15, 0.2) is 24.3 Å². The zero-order chi connectivity index (χ0) is 16.3. The molecule has 120 valence electrons. The van der Waals surface area contributed by atoms with Crippen molar-refractivity contribution in [3.8, 4) is 0 Å². The molecule has 1 heterocycles. The van der Waals surface area contributed by atoms with Crippen LogP contribution in [-0.4, -0.2) is 51.9 Å². The van der Waals surface area contributed by atoms with Crippen LogP contribution in [0.4, 0.5) is 11.4 Å². The Morgan fingerprint density at radius 3 is 2.55 bits per heavy atom. The van der Waals surface area contributed by atoms with Crippen molar-refractivity contribution in [2.75, 3.05) is 35.8 Å². The van der Waals surface area contributed by atoms with Gasteiger partial charge in [-0.15, -0.1) is 0 Å². The van der Waals surface area contributed by atoms with E-state index in [2.05, 4.69) is 10.6 Å². The summed E-state index contributed by atoms with van der Waals surface area (Å²) in [6.07, 6.45) is 0.345. The maximum Gasteiger partial charge on any atom is 0.313 e. The molecule has 1 saturated heterocycles. The number of benzene rings is 1. The van der Waals surface area contributed by atoms with Gasteiger partial charge in [0.25, 0.3) is 0 Å². The van der Waals surface area contributed by atoms with Crippen LogP contribution in [-0.2, 0) is 19.4 Å². The summed E-state index contributed by atoms with van der Waals surface area (Å²) in [5, 5.41) is 4.96. The minimum atomic E-state index is -3.09. The van der Waals surface area contributed by atoms with E-state index in [1.807, 2.05) is 25.1 Å². The summed E-state index contributed by atoms with van der Waals surface area (Å²) in [5.41, 5.74) is 1.39. The molecule has 0 saturated carbocycles. The number of hydrogen-bond acceptors (Lipinski definition) is 5. The highest BCUT2D eigenvalue weighted by Gasteiger charge is 2.30. The fraction of sp³-hybridized carbons (Fsp3) is 0.429. The third-order valence-corrected chi connectivity index (χ3v) is 5.16. The maximum atomic E-state index is 11.9. The minimum Gasteiger partial charge on any atom is -0.378 e. The average Bonchev–Trinajstić information content (AvgIpc) is 2.78. The minimum absolute atomic E-state index is 0.0461. The van der Waals surface area contributed by atoms with Crippen LogP contribution in [0.1, 0.15) is 6.42 Å². The summed E-state index contributed by atoms with van der Waals surface area (Å²) in [5.74, 6) is -1.69. The first-order valence-corrected chi connectivity index (χ1v) is 8.68. The van der Waals surface area contributed by atoms with Gasteiger partial charge in [0.2, 0.25) is 0 Å². The third kappa shape index (κ3) is 4.20. The Balaban J connectivity index is 1.94. The summed E-state index contributed by atoms with van der Waals surface area (Å²) in [4.78, 5) is 25.5. The first-order chi connectivity index (χ1) is 10.3. The summed E-state index contributed by atoms with van der Waals surface area (Å²) in [6, 6.07) is 6.57. The van der Waals surface area contributed by atoms with E-state index in [0.717, 1.165) is 5.69 Å². The molecule has 1 fully saturated rings. The number of rotatable bonds is 3. The van der Waals surface area contributed by atoms with Gasteiger partial charge in [-0.25, -0.2) is 8.42 Å². The number of anilines is 2. The summed E-state index contributed by atoms with van der Waals surface area (Å²) >= 11 is 0. The second-order valence-electron chi connectivity index (χ2n) is 5.47. The first-order valence-electron chi connectivity index (χ1n) is 6.86. The van der Waals surface area contributed by atoms with Gasteiger partial charge in [-0.05, 0) is 24.6 Å². The molecule has 0 spiro atoms. The average molecular weight is 325 g/mol. The predicted octanol–water partition coefficient (Wildman–Crippen LogP) is -0.00560. The van der Waals surface area contributed by atoms with Crippen molar-refractivity contribution < 1.29 is 18.0 Å². The van der Waals surface area contributed by atoms with Crippen molar-refractivity contribution in [1.29, 1.82) is 0 Å². The summed E-state index contributed by atoms with van der Waals surface area (Å²) < 4.78 is 22.7. The Bertz CT molecular complexity index is 685. The van der Waals surface area contributed by atoms with Gasteiger partial charge in [0.1, 0.15) is 0 Å². The van der Waals surface area contributed by atoms with Gasteiger partial charge in [-0.1, -0.05) is 6.07 Å². The number of hydrogen-bond donors (Lipinski definition) is 2. The third-order valence-electron chi connectivity index (χ3n) is 3.39. The molecule has 2 amide bonds. The van der Waals surface area contributed by atoms with E-state index < -0.39 is 27.7 Å². The number of carbonyl (C=O) groups is 2. The second kappa shape index (κ2) is 6.35. The second-order valence-corrected chi connectivity index (χ2v) is 7.70. The molecule has 1 aliphatic heterocycles. The molecule has 8 heteroatoms. The monoisotopic (exact) mass is 325 g/mol. The Labute approximate surface area is 129 Å². The van der Waals surface area contributed by atoms with Crippen LogP contribution in [0.2, 0.25) is 0 Å². The largest absolute Gasteiger partial charge is 0.378 e. The zero-order valence-corrected chi connectivity index (χ0v) is 13.3. The van der Waals surface area contributed by atoms with Crippen LogP contribution in [0, 0.1) is 0 Å². The highest BCUT2D eigenvalue weighted by Crippen LogP contribution is 2.17. The predicted molar refractivity (Wildman–Crippen MR) is 84.6 cm³/mol. The van der Waals surface area contributed by atoms with Crippen molar-refractivity contribution >= 4 is 33.0 Å². The standard InChI is InChI=1S/C14H19N3O4S/c1-17(2)12-5-3-4-10(8-12)15-13(18)14(19)16-11-6-7-22(20,21)9-11/h3-5,8,11H,6-7,9H2,1-2H3,(H,15,18)(H,16,19). The molecular weight excluding hydrogens is 306 g/mol. The Hall–Kier alpha value is -2.09. The molecular formula is C14H19N3O4S. The molecule has 0 bridgehead atoms. The highest BCUT2D eigenvalue weighted by molar-refractivity contribution is 7.91. The van der Waals surface area contributed by atoms with E-state index in [1.165, 1.54) is 0 Å². The molecule has 1 aliphatic rings. The highest BCUT2D eigenvalue weighted by atomic mass is 32.2. The topological polar surface area (TPSA) is 95.6 Å². The number of carbonyl (C=O) groups excluding carboxylic acids is 2. The fourth-order valence-corrected chi connectivity index (χ4v) is 3.88. The van der Waals surface area contributed by atoms with Gasteiger partial charge in [0.05, 0.1) is 11.5 Å². The van der Waals surface area contributed by atoms with E-state index in [9.17, 15) is 18.0 Å². The van der Waals surface area contributed by atoms with Crippen LogP contribution in [0.3, 0.4) is 0 Å². The lowest BCUT2D eigenvalue weighted by molar-refractivity contribution is -0.136. The molecule has 0 aromatic heterocycles. The van der Waals surface area contributed by atoms with Crippen molar-refractivity contribution in [2.24, 2.45) is 0 Å². The molecule has 2 rings (SSSR count). The molecule has 1 atom stereocenters. The van der Waals surface area contributed by atoms with Crippen LogP contribution in [0.25, 0.3) is 0 Å². The lowest BCUT2D eigenvalue weighted by Crippen LogP contribution is -2.42. The molecule has 2 N–H and O–H groups in total. The Morgan fingerprint density at radius 1 is 1.23 bits per heavy atom. The van der Waals surface area contributed by atoms with Crippen molar-refractivity contribution in [3.05, 3.63) is 24.3 Å². The van der Waals surface area contributed by atoms with Gasteiger partial charge in [-0.3, -0.25) is 9.59 Å². The molecule has 1 aromatic rings. The summed E-state index contributed by atoms with van der Waals surface area (Å²) in [6.45, 7) is 0. The number of amides is 2. The molecule has 1 aromatic carbocycles. The van der Waals surface area contributed by atoms with E-state index in [1.54, 1.807) is 18.2 Å². The normalized spacial score (nSPS) is 19.5. The van der Waals surface area contributed by atoms with E-state index in [0.29, 0.717) is 12.1 Å². The quantitative estimate of drug-likeness (QED) is 0.763. The van der Waals surface area contributed by atoms with Crippen LogP contribution >= 0.6 is 0 Å². The fourth-order valence-electron chi connectivity index (χ4n) is 2.21. The smallest absolute Gasteiger partial charge is 0.313 e. The van der Waals surface area contributed by atoms with Gasteiger partial charge in [0.15, 0.2) is 9.84 Å². The lowest BCUT2D eigenvalue weighted by Gasteiger charge is -2.14.